The highest BCUT2D eigenvalue weighted by Gasteiger charge is 2.29. The Morgan fingerprint density at radius 1 is 1.23 bits per heavy atom. The van der Waals surface area contributed by atoms with Crippen molar-refractivity contribution in [2.45, 2.75) is 38.8 Å². The van der Waals surface area contributed by atoms with Crippen LogP contribution in [0.4, 0.5) is 8.78 Å². The average molecular weight is 307 g/mol. The molecule has 1 aromatic carbocycles. The second-order valence-electron chi connectivity index (χ2n) is 5.61. The lowest BCUT2D eigenvalue weighted by molar-refractivity contribution is -0.124. The minimum absolute atomic E-state index is 0.0672. The minimum atomic E-state index is -1.06. The van der Waals surface area contributed by atoms with Gasteiger partial charge in [0.15, 0.2) is 11.6 Å². The molecule has 7 heteroatoms. The number of piperidine rings is 1. The molecule has 1 aliphatic heterocycles. The molecule has 0 saturated carbocycles. The van der Waals surface area contributed by atoms with E-state index in [-0.39, 0.29) is 23.4 Å². The zero-order valence-corrected chi connectivity index (χ0v) is 12.2. The summed E-state index contributed by atoms with van der Waals surface area (Å²) in [5.74, 6) is -2.14. The van der Waals surface area contributed by atoms with E-state index in [0.29, 0.717) is 23.9 Å². The molecule has 22 heavy (non-hydrogen) atoms. The summed E-state index contributed by atoms with van der Waals surface area (Å²) in [5, 5.41) is 7.40. The molecule has 2 atom stereocenters. The summed E-state index contributed by atoms with van der Waals surface area (Å²) in [6.07, 6.45) is 0.784. The number of benzene rings is 1. The SMILES string of the molecule is Cc1nn(C2CCC(=O)NC2C)c(=O)c2cc(F)c(F)cc12. The number of aromatic nitrogens is 2. The van der Waals surface area contributed by atoms with Crippen molar-refractivity contribution in [3.63, 3.8) is 0 Å². The van der Waals surface area contributed by atoms with Crippen molar-refractivity contribution in [2.75, 3.05) is 0 Å². The summed E-state index contributed by atoms with van der Waals surface area (Å²) in [4.78, 5) is 24.0. The van der Waals surface area contributed by atoms with E-state index >= 15 is 0 Å². The average Bonchev–Trinajstić information content (AvgIpc) is 2.45. The second kappa shape index (κ2) is 5.15. The largest absolute Gasteiger partial charge is 0.351 e. The molecule has 2 aromatic rings. The normalized spacial score (nSPS) is 21.9. The van der Waals surface area contributed by atoms with E-state index in [4.69, 9.17) is 0 Å². The first-order valence-corrected chi connectivity index (χ1v) is 7.06. The maximum atomic E-state index is 13.5. The van der Waals surface area contributed by atoms with Crippen molar-refractivity contribution in [2.24, 2.45) is 0 Å². The van der Waals surface area contributed by atoms with Gasteiger partial charge in [-0.1, -0.05) is 0 Å². The van der Waals surface area contributed by atoms with Crippen molar-refractivity contribution in [1.29, 1.82) is 0 Å². The highest BCUT2D eigenvalue weighted by atomic mass is 19.2. The molecule has 1 fully saturated rings. The van der Waals surface area contributed by atoms with Gasteiger partial charge in [0.25, 0.3) is 5.56 Å². The Morgan fingerprint density at radius 2 is 1.86 bits per heavy atom. The Labute approximate surface area is 124 Å². The van der Waals surface area contributed by atoms with Gasteiger partial charge >= 0.3 is 0 Å². The molecule has 1 N–H and O–H groups in total. The Morgan fingerprint density at radius 3 is 2.50 bits per heavy atom. The van der Waals surface area contributed by atoms with Crippen LogP contribution in [0.25, 0.3) is 10.8 Å². The highest BCUT2D eigenvalue weighted by molar-refractivity contribution is 5.83. The monoisotopic (exact) mass is 307 g/mol. The predicted octanol–water partition coefficient (Wildman–Crippen LogP) is 1.82. The molecule has 116 valence electrons. The number of halogens is 2. The number of nitrogens with one attached hydrogen (secondary N) is 1. The van der Waals surface area contributed by atoms with Gasteiger partial charge in [-0.15, -0.1) is 0 Å². The van der Waals surface area contributed by atoms with Crippen LogP contribution < -0.4 is 10.9 Å². The van der Waals surface area contributed by atoms with Gasteiger partial charge in [0.2, 0.25) is 5.91 Å². The van der Waals surface area contributed by atoms with E-state index in [1.165, 1.54) is 4.68 Å². The van der Waals surface area contributed by atoms with Gasteiger partial charge in [0, 0.05) is 17.8 Å². The predicted molar refractivity (Wildman–Crippen MR) is 76.5 cm³/mol. The number of hydrogen-bond donors (Lipinski definition) is 1. The lowest BCUT2D eigenvalue weighted by atomic mass is 9.99. The molecule has 1 amide bonds. The molecular formula is C15H15F2N3O2. The van der Waals surface area contributed by atoms with Gasteiger partial charge in [-0.25, -0.2) is 13.5 Å². The first-order chi connectivity index (χ1) is 10.4. The topological polar surface area (TPSA) is 64.0 Å². The number of hydrogen-bond acceptors (Lipinski definition) is 3. The van der Waals surface area contributed by atoms with Gasteiger partial charge in [-0.3, -0.25) is 9.59 Å². The molecule has 2 unspecified atom stereocenters. The number of aryl methyl sites for hydroxylation is 1. The van der Waals surface area contributed by atoms with Gasteiger partial charge < -0.3 is 5.32 Å². The van der Waals surface area contributed by atoms with Gasteiger partial charge in [0.1, 0.15) is 0 Å². The smallest absolute Gasteiger partial charge is 0.275 e. The van der Waals surface area contributed by atoms with E-state index in [9.17, 15) is 18.4 Å². The molecule has 3 rings (SSSR count). The molecule has 2 heterocycles. The third-order valence-corrected chi connectivity index (χ3v) is 4.09. The summed E-state index contributed by atoms with van der Waals surface area (Å²) in [5.41, 5.74) is -0.0369. The first kappa shape index (κ1) is 14.6. The van der Waals surface area contributed by atoms with E-state index in [2.05, 4.69) is 10.4 Å². The van der Waals surface area contributed by atoms with E-state index in [1.807, 2.05) is 0 Å². The summed E-state index contributed by atoms with van der Waals surface area (Å²) in [6, 6.07) is 1.34. The Balaban J connectivity index is 2.19. The quantitative estimate of drug-likeness (QED) is 0.874. The van der Waals surface area contributed by atoms with Crippen LogP contribution in [0, 0.1) is 18.6 Å². The number of nitrogens with zero attached hydrogens (tertiary/aromatic N) is 2. The van der Waals surface area contributed by atoms with Crippen LogP contribution in [0.15, 0.2) is 16.9 Å². The zero-order valence-electron chi connectivity index (χ0n) is 12.2. The number of amides is 1. The van der Waals surface area contributed by atoms with Crippen LogP contribution in [-0.2, 0) is 4.79 Å². The molecular weight excluding hydrogens is 292 g/mol. The molecule has 5 nitrogen and oxygen atoms in total. The summed E-state index contributed by atoms with van der Waals surface area (Å²) in [6.45, 7) is 3.43. The summed E-state index contributed by atoms with van der Waals surface area (Å²) >= 11 is 0. The first-order valence-electron chi connectivity index (χ1n) is 7.06. The molecule has 1 saturated heterocycles. The second-order valence-corrected chi connectivity index (χ2v) is 5.61. The van der Waals surface area contributed by atoms with Crippen molar-refractivity contribution >= 4 is 16.7 Å². The fourth-order valence-corrected chi connectivity index (χ4v) is 2.92. The van der Waals surface area contributed by atoms with Crippen LogP contribution in [0.2, 0.25) is 0 Å². The number of carbonyl (C=O) groups excluding carboxylic acids is 1. The lowest BCUT2D eigenvalue weighted by Crippen LogP contribution is -2.47. The van der Waals surface area contributed by atoms with Gasteiger partial charge in [-0.2, -0.15) is 5.10 Å². The molecule has 1 aromatic heterocycles. The fraction of sp³-hybridized carbons (Fsp3) is 0.400. The van der Waals surface area contributed by atoms with E-state index < -0.39 is 17.2 Å². The third kappa shape index (κ3) is 2.26. The highest BCUT2D eigenvalue weighted by Crippen LogP contribution is 2.23. The lowest BCUT2D eigenvalue weighted by Gasteiger charge is -2.30. The summed E-state index contributed by atoms with van der Waals surface area (Å²) < 4.78 is 28.1. The maximum Gasteiger partial charge on any atom is 0.275 e. The van der Waals surface area contributed by atoms with Crippen molar-refractivity contribution < 1.29 is 13.6 Å². The van der Waals surface area contributed by atoms with Crippen molar-refractivity contribution in [1.82, 2.24) is 15.1 Å². The van der Waals surface area contributed by atoms with Crippen LogP contribution in [0.1, 0.15) is 31.5 Å². The number of carbonyl (C=O) groups is 1. The molecule has 0 aliphatic carbocycles. The van der Waals surface area contributed by atoms with Crippen LogP contribution in [-0.4, -0.2) is 21.7 Å². The Kier molecular flexibility index (Phi) is 3.42. The van der Waals surface area contributed by atoms with Crippen molar-refractivity contribution in [3.05, 3.63) is 39.8 Å². The van der Waals surface area contributed by atoms with Crippen molar-refractivity contribution in [3.8, 4) is 0 Å². The zero-order chi connectivity index (χ0) is 16.0. The minimum Gasteiger partial charge on any atom is -0.351 e. The molecule has 0 radical (unpaired) electrons. The van der Waals surface area contributed by atoms with Gasteiger partial charge in [0.05, 0.1) is 17.1 Å². The fourth-order valence-electron chi connectivity index (χ4n) is 2.92. The van der Waals surface area contributed by atoms with Crippen LogP contribution >= 0.6 is 0 Å². The van der Waals surface area contributed by atoms with Crippen LogP contribution in [0.5, 0.6) is 0 Å². The number of fused-ring (bicyclic) bond motifs is 1. The molecule has 1 aliphatic rings. The third-order valence-electron chi connectivity index (χ3n) is 4.09. The number of rotatable bonds is 1. The van der Waals surface area contributed by atoms with E-state index in [0.717, 1.165) is 12.1 Å². The Hall–Kier alpha value is -2.31. The van der Waals surface area contributed by atoms with Gasteiger partial charge in [-0.05, 0) is 32.4 Å². The molecule has 0 bridgehead atoms. The maximum absolute atomic E-state index is 13.5. The van der Waals surface area contributed by atoms with Crippen LogP contribution in [0.3, 0.4) is 0 Å². The molecule has 0 spiro atoms. The summed E-state index contributed by atoms with van der Waals surface area (Å²) in [7, 11) is 0. The Bertz CT molecular complexity index is 832. The standard InChI is InChI=1S/C15H15F2N3O2/c1-7-9-5-11(16)12(17)6-10(9)15(22)20(19-7)13-3-4-14(21)18-8(13)2/h5-6,8,13H,3-4H2,1-2H3,(H,18,21). The van der Waals surface area contributed by atoms with E-state index in [1.54, 1.807) is 13.8 Å².